The highest BCUT2D eigenvalue weighted by Gasteiger charge is 2.51. The predicted octanol–water partition coefficient (Wildman–Crippen LogP) is 6.38. The molecule has 2 heterocycles. The first-order chi connectivity index (χ1) is 23.4. The maximum Gasteiger partial charge on any atom is 0.410 e. The van der Waals surface area contributed by atoms with Gasteiger partial charge in [-0.3, -0.25) is 19.1 Å². The Kier molecular flexibility index (Phi) is 10.5. The molecular weight excluding hydrogens is 660 g/mol. The zero-order chi connectivity index (χ0) is 36.7. The molecule has 50 heavy (non-hydrogen) atoms. The van der Waals surface area contributed by atoms with Crippen molar-refractivity contribution < 1.29 is 44.3 Å². The lowest BCUT2D eigenvalue weighted by Gasteiger charge is -2.43. The molecule has 0 radical (unpaired) electrons. The summed E-state index contributed by atoms with van der Waals surface area (Å²) in [6.07, 6.45) is -0.490. The molecule has 2 aromatic rings. The van der Waals surface area contributed by atoms with E-state index in [-0.39, 0.29) is 44.4 Å². The van der Waals surface area contributed by atoms with Crippen molar-refractivity contribution in [1.29, 1.82) is 0 Å². The Bertz CT molecular complexity index is 1600. The van der Waals surface area contributed by atoms with Crippen LogP contribution in [0.5, 0.6) is 0 Å². The van der Waals surface area contributed by atoms with E-state index in [0.29, 0.717) is 10.6 Å². The summed E-state index contributed by atoms with van der Waals surface area (Å²) in [5.41, 5.74) is -0.683. The van der Waals surface area contributed by atoms with Gasteiger partial charge in [-0.25, -0.2) is 9.18 Å². The standard InChI is InChI=1S/C35H46F4N6O5.2H2/c1-19(2)45-26(13-14-40-45)30(46)42-29(28(21-7-8-21)22-9-10-22)31(47)41-25-12-11-23(17-24(25)36)20(3)32(48)44-16-15-43(18-27(44)35(37,38)39)33(49)50-34(4,5)6;;/h11-14,17,19-22,27-29H,7-10,15-16,18H2,1-6H3,(H,41,47)(H,42,46);2*1H/t20?,27?,29-;;/m0../s1. The van der Waals surface area contributed by atoms with Crippen LogP contribution in [-0.2, 0) is 14.3 Å². The number of carbonyl (C=O) groups excluding carboxylic acids is 4. The van der Waals surface area contributed by atoms with Crippen LogP contribution in [0.25, 0.3) is 0 Å². The summed E-state index contributed by atoms with van der Waals surface area (Å²) in [6, 6.07) is 1.94. The quantitative estimate of drug-likeness (QED) is 0.276. The van der Waals surface area contributed by atoms with E-state index in [2.05, 4.69) is 15.7 Å². The number of hydrogen-bond donors (Lipinski definition) is 2. The largest absolute Gasteiger partial charge is 0.444 e. The second-order valence-corrected chi connectivity index (χ2v) is 14.9. The maximum absolute atomic E-state index is 15.6. The van der Waals surface area contributed by atoms with Crippen LogP contribution < -0.4 is 10.6 Å². The van der Waals surface area contributed by atoms with E-state index in [4.69, 9.17) is 4.74 Å². The molecule has 1 aromatic heterocycles. The van der Waals surface area contributed by atoms with E-state index >= 15 is 4.39 Å². The van der Waals surface area contributed by atoms with Gasteiger partial charge in [0, 0.05) is 28.2 Å². The summed E-state index contributed by atoms with van der Waals surface area (Å²) in [5.74, 6) is -3.56. The third-order valence-electron chi connectivity index (χ3n) is 9.49. The van der Waals surface area contributed by atoms with Crippen LogP contribution in [-0.4, -0.2) is 86.9 Å². The number of carbonyl (C=O) groups is 4. The average molecular weight is 711 g/mol. The fraction of sp³-hybridized carbons (Fsp3) is 0.629. The molecule has 1 aliphatic heterocycles. The van der Waals surface area contributed by atoms with Gasteiger partial charge >= 0.3 is 12.3 Å². The number of ether oxygens (including phenoxy) is 1. The fourth-order valence-corrected chi connectivity index (χ4v) is 6.67. The topological polar surface area (TPSA) is 126 Å². The highest BCUT2D eigenvalue weighted by molar-refractivity contribution is 6.01. The zero-order valence-electron chi connectivity index (χ0n) is 29.2. The minimum atomic E-state index is -4.84. The molecule has 2 saturated carbocycles. The predicted molar refractivity (Wildman–Crippen MR) is 180 cm³/mol. The molecule has 278 valence electrons. The molecule has 0 spiro atoms. The van der Waals surface area contributed by atoms with Gasteiger partial charge in [-0.15, -0.1) is 0 Å². The van der Waals surface area contributed by atoms with Gasteiger partial charge in [0.1, 0.15) is 29.2 Å². The van der Waals surface area contributed by atoms with E-state index < -0.39 is 72.5 Å². The van der Waals surface area contributed by atoms with Crippen molar-refractivity contribution in [3.8, 4) is 0 Å². The van der Waals surface area contributed by atoms with Gasteiger partial charge < -0.3 is 25.2 Å². The summed E-state index contributed by atoms with van der Waals surface area (Å²) in [5, 5.41) is 9.74. The number of nitrogens with zero attached hydrogens (tertiary/aromatic N) is 4. The van der Waals surface area contributed by atoms with Crippen molar-refractivity contribution in [2.75, 3.05) is 25.0 Å². The molecule has 2 N–H and O–H groups in total. The highest BCUT2D eigenvalue weighted by atomic mass is 19.4. The number of halogens is 4. The first kappa shape index (κ1) is 37.1. The average Bonchev–Trinajstić information content (AvgIpc) is 3.98. The molecule has 2 unspecified atom stereocenters. The van der Waals surface area contributed by atoms with Crippen molar-refractivity contribution in [3.63, 3.8) is 0 Å². The monoisotopic (exact) mass is 710 g/mol. The van der Waals surface area contributed by atoms with Crippen LogP contribution >= 0.6 is 0 Å². The Morgan fingerprint density at radius 3 is 2.16 bits per heavy atom. The van der Waals surface area contributed by atoms with E-state index in [1.165, 1.54) is 25.3 Å². The molecule has 11 nitrogen and oxygen atoms in total. The third-order valence-corrected chi connectivity index (χ3v) is 9.49. The second kappa shape index (κ2) is 14.2. The Labute approximate surface area is 292 Å². The zero-order valence-corrected chi connectivity index (χ0v) is 29.2. The van der Waals surface area contributed by atoms with Crippen molar-refractivity contribution in [3.05, 3.63) is 47.5 Å². The molecule has 0 bridgehead atoms. The lowest BCUT2D eigenvalue weighted by Crippen LogP contribution is -2.62. The number of aromatic nitrogens is 2. The minimum Gasteiger partial charge on any atom is -0.444 e. The normalized spacial score (nSPS) is 19.7. The molecule has 2 aliphatic carbocycles. The molecule has 15 heteroatoms. The Morgan fingerprint density at radius 1 is 0.980 bits per heavy atom. The van der Waals surface area contributed by atoms with E-state index in [1.807, 2.05) is 13.8 Å². The summed E-state index contributed by atoms with van der Waals surface area (Å²) in [7, 11) is 0. The summed E-state index contributed by atoms with van der Waals surface area (Å²) in [6.45, 7) is 8.60. The lowest BCUT2D eigenvalue weighted by molar-refractivity contribution is -0.200. The summed E-state index contributed by atoms with van der Waals surface area (Å²) >= 11 is 0. The molecular formula is C35H50F4N6O5. The molecule has 4 amide bonds. The number of nitrogens with one attached hydrogen (secondary N) is 2. The van der Waals surface area contributed by atoms with Crippen LogP contribution in [0, 0.1) is 23.6 Å². The Hall–Kier alpha value is -4.17. The number of piperazine rings is 1. The number of anilines is 1. The molecule has 3 fully saturated rings. The van der Waals surface area contributed by atoms with Crippen molar-refractivity contribution in [2.45, 2.75) is 103 Å². The Morgan fingerprint density at radius 2 is 1.62 bits per heavy atom. The summed E-state index contributed by atoms with van der Waals surface area (Å²) < 4.78 is 64.9. The summed E-state index contributed by atoms with van der Waals surface area (Å²) in [4.78, 5) is 54.8. The number of amides is 4. The fourth-order valence-electron chi connectivity index (χ4n) is 6.67. The van der Waals surface area contributed by atoms with Crippen LogP contribution in [0.3, 0.4) is 0 Å². The molecule has 1 saturated heterocycles. The number of benzene rings is 1. The third kappa shape index (κ3) is 8.58. The first-order valence-corrected chi connectivity index (χ1v) is 17.2. The lowest BCUT2D eigenvalue weighted by atomic mass is 9.88. The van der Waals surface area contributed by atoms with Gasteiger partial charge in [0.15, 0.2) is 0 Å². The van der Waals surface area contributed by atoms with Crippen molar-refractivity contribution in [2.24, 2.45) is 17.8 Å². The van der Waals surface area contributed by atoms with Gasteiger partial charge in [0.2, 0.25) is 11.8 Å². The van der Waals surface area contributed by atoms with Crippen molar-refractivity contribution >= 4 is 29.5 Å². The SMILES string of the molecule is CC(C(=O)N1CCN(C(=O)OC(C)(C)C)CC1C(F)(F)F)c1ccc(NC(=O)[C@@H](NC(=O)c2ccnn2C(C)C)C(C2CC2)C2CC2)c(F)c1.[HH].[HH]. The number of rotatable bonds is 10. The van der Waals surface area contributed by atoms with Gasteiger partial charge in [0.25, 0.3) is 5.91 Å². The number of alkyl halides is 3. The van der Waals surface area contributed by atoms with Gasteiger partial charge in [-0.2, -0.15) is 18.3 Å². The van der Waals surface area contributed by atoms with Crippen LogP contribution in [0.15, 0.2) is 30.5 Å². The number of hydrogen-bond acceptors (Lipinski definition) is 6. The van der Waals surface area contributed by atoms with E-state index in [0.717, 1.165) is 36.6 Å². The minimum absolute atomic E-state index is 0. The molecule has 1 aromatic carbocycles. The second-order valence-electron chi connectivity index (χ2n) is 14.9. The van der Waals surface area contributed by atoms with Crippen LogP contribution in [0.4, 0.5) is 28.0 Å². The van der Waals surface area contributed by atoms with E-state index in [1.54, 1.807) is 31.5 Å². The smallest absolute Gasteiger partial charge is 0.410 e. The van der Waals surface area contributed by atoms with Gasteiger partial charge in [-0.05, 0) is 109 Å². The van der Waals surface area contributed by atoms with Crippen LogP contribution in [0.1, 0.15) is 98.1 Å². The highest BCUT2D eigenvalue weighted by Crippen LogP contribution is 2.51. The van der Waals surface area contributed by atoms with Crippen molar-refractivity contribution in [1.82, 2.24) is 24.9 Å². The Balaban J connectivity index is 0.00000364. The van der Waals surface area contributed by atoms with Gasteiger partial charge in [-0.1, -0.05) is 6.07 Å². The first-order valence-electron chi connectivity index (χ1n) is 17.2. The molecule has 3 atom stereocenters. The van der Waals surface area contributed by atoms with Gasteiger partial charge in [0.05, 0.1) is 18.2 Å². The van der Waals surface area contributed by atoms with Crippen LogP contribution in [0.2, 0.25) is 0 Å². The molecule has 5 rings (SSSR count). The maximum atomic E-state index is 15.6. The van der Waals surface area contributed by atoms with E-state index in [9.17, 15) is 32.3 Å². The molecule has 3 aliphatic rings.